The Morgan fingerprint density at radius 1 is 0.875 bits per heavy atom. The molecule has 3 aromatic carbocycles. The zero-order chi connectivity index (χ0) is 22.2. The van der Waals surface area contributed by atoms with Crippen molar-refractivity contribution in [2.75, 3.05) is 11.9 Å². The number of nitrogens with one attached hydrogen (secondary N) is 1. The number of rotatable bonds is 4. The van der Waals surface area contributed by atoms with E-state index in [0.29, 0.717) is 21.9 Å². The van der Waals surface area contributed by atoms with Gasteiger partial charge in [-0.05, 0) is 42.0 Å². The van der Waals surface area contributed by atoms with Gasteiger partial charge in [-0.1, -0.05) is 42.5 Å². The number of fused-ring (bicyclic) bond motifs is 4. The topological polar surface area (TPSA) is 98.8 Å². The number of carbonyl (C=O) groups is 2. The fraction of sp³-hybridized carbons (Fsp3) is 0.0800. The largest absolute Gasteiger partial charge is 0.460 e. The van der Waals surface area contributed by atoms with Crippen LogP contribution in [0, 0.1) is 0 Å². The molecule has 5 rings (SSSR count). The van der Waals surface area contributed by atoms with E-state index in [-0.39, 0.29) is 23.6 Å². The number of anilines is 1. The van der Waals surface area contributed by atoms with Gasteiger partial charge in [0.05, 0.1) is 6.61 Å². The molecule has 0 aliphatic heterocycles. The molecule has 1 amide bonds. The fourth-order valence-corrected chi connectivity index (χ4v) is 3.72. The molecule has 0 bridgehead atoms. The van der Waals surface area contributed by atoms with Crippen LogP contribution in [0.25, 0.3) is 32.7 Å². The molecule has 2 aromatic heterocycles. The summed E-state index contributed by atoms with van der Waals surface area (Å²) in [6.45, 7) is 1.81. The average Bonchev–Trinajstić information content (AvgIpc) is 3.17. The van der Waals surface area contributed by atoms with Crippen LogP contribution in [-0.2, 0) is 4.74 Å². The average molecular weight is 427 g/mol. The van der Waals surface area contributed by atoms with Crippen LogP contribution >= 0.6 is 0 Å². The van der Waals surface area contributed by atoms with Gasteiger partial charge in [0.1, 0.15) is 22.4 Å². The van der Waals surface area contributed by atoms with Gasteiger partial charge in [-0.25, -0.2) is 9.59 Å². The van der Waals surface area contributed by atoms with Crippen LogP contribution in [0.5, 0.6) is 0 Å². The molecule has 0 saturated carbocycles. The molecular formula is C25H17NO6. The van der Waals surface area contributed by atoms with Gasteiger partial charge in [0.15, 0.2) is 0 Å². The first-order chi connectivity index (χ1) is 15.6. The normalized spacial score (nSPS) is 11.2. The molecule has 158 valence electrons. The van der Waals surface area contributed by atoms with Crippen LogP contribution in [0.1, 0.15) is 27.8 Å². The number of para-hydroxylation sites is 1. The van der Waals surface area contributed by atoms with Gasteiger partial charge in [0.25, 0.3) is 5.91 Å². The maximum absolute atomic E-state index is 13.1. The van der Waals surface area contributed by atoms with E-state index in [1.54, 1.807) is 37.3 Å². The van der Waals surface area contributed by atoms with E-state index in [2.05, 4.69) is 5.32 Å². The van der Waals surface area contributed by atoms with E-state index >= 15 is 0 Å². The first-order valence-corrected chi connectivity index (χ1v) is 10.0. The third-order valence-corrected chi connectivity index (χ3v) is 5.18. The van der Waals surface area contributed by atoms with Crippen molar-refractivity contribution >= 4 is 50.3 Å². The van der Waals surface area contributed by atoms with Crippen LogP contribution in [0.15, 0.2) is 80.4 Å². The van der Waals surface area contributed by atoms with Crippen molar-refractivity contribution in [3.63, 3.8) is 0 Å². The molecule has 0 unspecified atom stereocenters. The second kappa shape index (κ2) is 7.70. The Bertz CT molecular complexity index is 1580. The summed E-state index contributed by atoms with van der Waals surface area (Å²) in [5.74, 6) is -1.57. The van der Waals surface area contributed by atoms with Crippen molar-refractivity contribution in [1.29, 1.82) is 0 Å². The summed E-state index contributed by atoms with van der Waals surface area (Å²) in [5.41, 5.74) is -0.0419. The van der Waals surface area contributed by atoms with Crippen LogP contribution in [0.2, 0.25) is 0 Å². The number of furan rings is 1. The lowest BCUT2D eigenvalue weighted by molar-refractivity contribution is 0.0494. The maximum atomic E-state index is 13.1. The zero-order valence-electron chi connectivity index (χ0n) is 17.0. The van der Waals surface area contributed by atoms with E-state index in [9.17, 15) is 14.4 Å². The highest BCUT2D eigenvalue weighted by Crippen LogP contribution is 2.32. The Hall–Kier alpha value is -4.39. The van der Waals surface area contributed by atoms with Gasteiger partial charge in [0.2, 0.25) is 5.76 Å². The number of hydrogen-bond donors (Lipinski definition) is 1. The van der Waals surface area contributed by atoms with Gasteiger partial charge in [-0.2, -0.15) is 0 Å². The number of amides is 1. The van der Waals surface area contributed by atoms with Crippen LogP contribution in [0.4, 0.5) is 5.69 Å². The molecule has 0 fully saturated rings. The Morgan fingerprint density at radius 3 is 2.41 bits per heavy atom. The summed E-state index contributed by atoms with van der Waals surface area (Å²) >= 11 is 0. The Labute approximate surface area is 181 Å². The molecule has 0 aliphatic carbocycles. The molecule has 0 radical (unpaired) electrons. The Morgan fingerprint density at radius 2 is 1.59 bits per heavy atom. The summed E-state index contributed by atoms with van der Waals surface area (Å²) in [6.07, 6.45) is 0. The molecule has 7 heteroatoms. The molecule has 7 nitrogen and oxygen atoms in total. The molecule has 0 aliphatic rings. The second-order valence-corrected chi connectivity index (χ2v) is 7.12. The SMILES string of the molecule is CCOC(=O)c1oc2ccccc2c1NC(=O)c1cc2c(ccc3ccccc32)oc1=O. The predicted molar refractivity (Wildman–Crippen MR) is 120 cm³/mol. The molecule has 0 saturated heterocycles. The predicted octanol–water partition coefficient (Wildman–Crippen LogP) is 5.12. The summed E-state index contributed by atoms with van der Waals surface area (Å²) in [6, 6.07) is 19.5. The summed E-state index contributed by atoms with van der Waals surface area (Å²) in [7, 11) is 0. The Kier molecular flexibility index (Phi) is 4.71. The maximum Gasteiger partial charge on any atom is 0.376 e. The Balaban J connectivity index is 1.63. The number of carbonyl (C=O) groups excluding carboxylic acids is 2. The second-order valence-electron chi connectivity index (χ2n) is 7.12. The third-order valence-electron chi connectivity index (χ3n) is 5.18. The van der Waals surface area contributed by atoms with Crippen molar-refractivity contribution in [1.82, 2.24) is 0 Å². The summed E-state index contributed by atoms with van der Waals surface area (Å²) in [5, 5.41) is 5.60. The highest BCUT2D eigenvalue weighted by atomic mass is 16.5. The van der Waals surface area contributed by atoms with Crippen molar-refractivity contribution in [3.8, 4) is 0 Å². The van der Waals surface area contributed by atoms with Gasteiger partial charge in [0, 0.05) is 10.8 Å². The van der Waals surface area contributed by atoms with Crippen molar-refractivity contribution in [3.05, 3.63) is 88.5 Å². The first-order valence-electron chi connectivity index (χ1n) is 10.0. The van der Waals surface area contributed by atoms with E-state index in [4.69, 9.17) is 13.6 Å². The monoisotopic (exact) mass is 427 g/mol. The van der Waals surface area contributed by atoms with Gasteiger partial charge in [-0.3, -0.25) is 4.79 Å². The molecule has 32 heavy (non-hydrogen) atoms. The van der Waals surface area contributed by atoms with E-state index in [1.165, 1.54) is 6.07 Å². The number of hydrogen-bond acceptors (Lipinski definition) is 6. The van der Waals surface area contributed by atoms with Gasteiger partial charge in [-0.15, -0.1) is 0 Å². The van der Waals surface area contributed by atoms with Gasteiger partial charge >= 0.3 is 11.6 Å². The molecule has 2 heterocycles. The minimum absolute atomic E-state index is 0.140. The molecule has 5 aromatic rings. The summed E-state index contributed by atoms with van der Waals surface area (Å²) < 4.78 is 16.1. The summed E-state index contributed by atoms with van der Waals surface area (Å²) in [4.78, 5) is 38.1. The number of benzene rings is 3. The van der Waals surface area contributed by atoms with Crippen molar-refractivity contribution in [2.45, 2.75) is 6.92 Å². The number of ether oxygens (including phenoxy) is 1. The lowest BCUT2D eigenvalue weighted by atomic mass is 10.0. The minimum atomic E-state index is -0.782. The standard InChI is InChI=1S/C25H17NO6/c1-2-30-25(29)22-21(16-9-5-6-10-19(16)31-22)26-23(27)18-13-17-15-8-4-3-7-14(15)11-12-20(17)32-24(18)28/h3-13H,2H2,1H3,(H,26,27). The quantitative estimate of drug-likeness (QED) is 0.243. The van der Waals surface area contributed by atoms with E-state index in [1.807, 2.05) is 30.3 Å². The molecule has 0 atom stereocenters. The third kappa shape index (κ3) is 3.20. The zero-order valence-corrected chi connectivity index (χ0v) is 17.0. The van der Waals surface area contributed by atoms with E-state index in [0.717, 1.165) is 10.8 Å². The lowest BCUT2D eigenvalue weighted by Crippen LogP contribution is -2.21. The van der Waals surface area contributed by atoms with Crippen molar-refractivity contribution in [2.24, 2.45) is 0 Å². The van der Waals surface area contributed by atoms with Gasteiger partial charge < -0.3 is 18.9 Å². The highest BCUT2D eigenvalue weighted by Gasteiger charge is 2.25. The van der Waals surface area contributed by atoms with Crippen LogP contribution in [0.3, 0.4) is 0 Å². The molecule has 1 N–H and O–H groups in total. The highest BCUT2D eigenvalue weighted by molar-refractivity contribution is 6.15. The van der Waals surface area contributed by atoms with Crippen LogP contribution in [-0.4, -0.2) is 18.5 Å². The molecular weight excluding hydrogens is 410 g/mol. The molecule has 0 spiro atoms. The van der Waals surface area contributed by atoms with Crippen molar-refractivity contribution < 1.29 is 23.2 Å². The van der Waals surface area contributed by atoms with E-state index < -0.39 is 17.5 Å². The number of esters is 1. The smallest absolute Gasteiger partial charge is 0.376 e. The minimum Gasteiger partial charge on any atom is -0.460 e. The van der Waals surface area contributed by atoms with Crippen LogP contribution < -0.4 is 10.9 Å². The fourth-order valence-electron chi connectivity index (χ4n) is 3.72. The lowest BCUT2D eigenvalue weighted by Gasteiger charge is -2.07. The first kappa shape index (κ1) is 19.6.